The van der Waals surface area contributed by atoms with Crippen LogP contribution in [0.15, 0.2) is 42.5 Å². The number of carbonyl (C=O) groups is 1. The number of fused-ring (bicyclic) bond motifs is 1. The molecule has 0 bridgehead atoms. The van der Waals surface area contributed by atoms with Gasteiger partial charge in [-0.2, -0.15) is 0 Å². The van der Waals surface area contributed by atoms with Gasteiger partial charge in [0.05, 0.1) is 17.6 Å². The second-order valence-electron chi connectivity index (χ2n) is 11.3. The number of aromatic nitrogens is 2. The Bertz CT molecular complexity index is 1160. The smallest absolute Gasteiger partial charge is 0.303 e. The number of aliphatic carboxylic acids is 1. The van der Waals surface area contributed by atoms with Gasteiger partial charge in [0, 0.05) is 24.2 Å². The maximum atomic E-state index is 10.8. The molecule has 1 aromatic heterocycles. The highest BCUT2D eigenvalue weighted by Gasteiger charge is 2.34. The Morgan fingerprint density at radius 3 is 2.60 bits per heavy atom. The number of ether oxygens (including phenoxy) is 1. The maximum absolute atomic E-state index is 10.8. The van der Waals surface area contributed by atoms with Crippen LogP contribution in [0.25, 0.3) is 11.0 Å². The van der Waals surface area contributed by atoms with E-state index >= 15 is 0 Å². The van der Waals surface area contributed by atoms with E-state index in [1.54, 1.807) is 0 Å². The molecule has 2 atom stereocenters. The Morgan fingerprint density at radius 1 is 1.20 bits per heavy atom. The molecule has 1 aliphatic rings. The summed E-state index contributed by atoms with van der Waals surface area (Å²) in [7, 11) is 0. The van der Waals surface area contributed by atoms with Crippen molar-refractivity contribution in [1.29, 1.82) is 0 Å². The van der Waals surface area contributed by atoms with Crippen LogP contribution < -0.4 is 10.1 Å². The fraction of sp³-hybridized carbons (Fsp3) is 0.517. The first kappa shape index (κ1) is 25.1. The Balaban J connectivity index is 1.66. The lowest BCUT2D eigenvalue weighted by Crippen LogP contribution is -2.29. The van der Waals surface area contributed by atoms with Crippen LogP contribution in [-0.2, 0) is 4.79 Å². The number of imidazole rings is 1. The van der Waals surface area contributed by atoms with Gasteiger partial charge in [0.15, 0.2) is 0 Å². The van der Waals surface area contributed by atoms with Gasteiger partial charge in [0.2, 0.25) is 5.95 Å². The standard InChI is InChI=1S/C29H39N3O3/c1-19(2)21-8-10-22(11-9-21)30-28-31-25-16-24(35-14-6-7-27(33)34)12-13-26(25)32(28)23-15-20(3)17-29(4,5)18-23/h8-13,16,19-20,23H,6-7,14-15,17-18H2,1-5H3,(H,30,31)(H,33,34)/t20-,23+/m0/s1. The molecule has 1 heterocycles. The third kappa shape index (κ3) is 6.16. The highest BCUT2D eigenvalue weighted by atomic mass is 16.5. The highest BCUT2D eigenvalue weighted by molar-refractivity contribution is 5.81. The van der Waals surface area contributed by atoms with Gasteiger partial charge in [0.1, 0.15) is 5.75 Å². The summed E-state index contributed by atoms with van der Waals surface area (Å²) in [5.74, 6) is 1.92. The molecule has 2 N–H and O–H groups in total. The Kier molecular flexibility index (Phi) is 7.39. The van der Waals surface area contributed by atoms with E-state index in [0.29, 0.717) is 30.9 Å². The molecule has 6 heteroatoms. The summed E-state index contributed by atoms with van der Waals surface area (Å²) in [5, 5.41) is 12.5. The van der Waals surface area contributed by atoms with Crippen LogP contribution in [0.3, 0.4) is 0 Å². The summed E-state index contributed by atoms with van der Waals surface area (Å²) in [6.07, 6.45) is 4.07. The van der Waals surface area contributed by atoms with E-state index in [4.69, 9.17) is 14.8 Å². The Hall–Kier alpha value is -3.02. The normalized spacial score (nSPS) is 19.7. The van der Waals surface area contributed by atoms with Gasteiger partial charge in [0.25, 0.3) is 0 Å². The monoisotopic (exact) mass is 477 g/mol. The van der Waals surface area contributed by atoms with E-state index in [1.807, 2.05) is 12.1 Å². The van der Waals surface area contributed by atoms with E-state index in [0.717, 1.165) is 41.3 Å². The topological polar surface area (TPSA) is 76.4 Å². The van der Waals surface area contributed by atoms with E-state index in [9.17, 15) is 4.79 Å². The SMILES string of the molecule is CC(C)c1ccc(Nc2nc3cc(OCCCC(=O)O)ccc3n2[C@@H]2C[C@H](C)CC(C)(C)C2)cc1. The van der Waals surface area contributed by atoms with Crippen molar-refractivity contribution < 1.29 is 14.6 Å². The van der Waals surface area contributed by atoms with Crippen LogP contribution in [-0.4, -0.2) is 27.2 Å². The summed E-state index contributed by atoms with van der Waals surface area (Å²) in [6.45, 7) is 11.9. The van der Waals surface area contributed by atoms with Crippen molar-refractivity contribution in [3.8, 4) is 5.75 Å². The molecule has 1 saturated carbocycles. The predicted molar refractivity (Wildman–Crippen MR) is 142 cm³/mol. The number of nitrogens with zero attached hydrogens (tertiary/aromatic N) is 2. The molecule has 0 unspecified atom stereocenters. The van der Waals surface area contributed by atoms with Crippen LogP contribution in [0.2, 0.25) is 0 Å². The molecule has 0 aliphatic heterocycles. The Labute approximate surface area is 208 Å². The second-order valence-corrected chi connectivity index (χ2v) is 11.3. The van der Waals surface area contributed by atoms with Crippen LogP contribution in [0, 0.1) is 11.3 Å². The first-order chi connectivity index (χ1) is 16.6. The van der Waals surface area contributed by atoms with Gasteiger partial charge in [-0.15, -0.1) is 0 Å². The van der Waals surface area contributed by atoms with E-state index in [2.05, 4.69) is 74.8 Å². The minimum absolute atomic E-state index is 0.107. The average Bonchev–Trinajstić information content (AvgIpc) is 3.12. The zero-order valence-electron chi connectivity index (χ0n) is 21.7. The second kappa shape index (κ2) is 10.3. The van der Waals surface area contributed by atoms with Crippen LogP contribution in [0.5, 0.6) is 5.75 Å². The van der Waals surface area contributed by atoms with Gasteiger partial charge in [-0.25, -0.2) is 4.98 Å². The number of benzene rings is 2. The molecule has 0 amide bonds. The fourth-order valence-corrected chi connectivity index (χ4v) is 5.61. The van der Waals surface area contributed by atoms with Crippen LogP contribution in [0.1, 0.15) is 84.2 Å². The maximum Gasteiger partial charge on any atom is 0.303 e. The number of nitrogens with one attached hydrogen (secondary N) is 1. The van der Waals surface area contributed by atoms with Gasteiger partial charge in [-0.3, -0.25) is 4.79 Å². The van der Waals surface area contributed by atoms with Gasteiger partial charge in [-0.1, -0.05) is 46.8 Å². The molecule has 0 saturated heterocycles. The number of hydrogen-bond donors (Lipinski definition) is 2. The first-order valence-corrected chi connectivity index (χ1v) is 12.8. The number of hydrogen-bond acceptors (Lipinski definition) is 4. The number of anilines is 2. The lowest BCUT2D eigenvalue weighted by atomic mass is 9.70. The summed E-state index contributed by atoms with van der Waals surface area (Å²) in [6, 6.07) is 15.0. The molecule has 4 rings (SSSR count). The third-order valence-electron chi connectivity index (χ3n) is 7.03. The van der Waals surface area contributed by atoms with Crippen LogP contribution >= 0.6 is 0 Å². The van der Waals surface area contributed by atoms with Crippen molar-refractivity contribution >= 4 is 28.6 Å². The van der Waals surface area contributed by atoms with Gasteiger partial charge >= 0.3 is 5.97 Å². The van der Waals surface area contributed by atoms with Crippen LogP contribution in [0.4, 0.5) is 11.6 Å². The highest BCUT2D eigenvalue weighted by Crippen LogP contribution is 2.46. The molecule has 188 valence electrons. The lowest BCUT2D eigenvalue weighted by molar-refractivity contribution is -0.137. The molecular formula is C29H39N3O3. The molecular weight excluding hydrogens is 438 g/mol. The molecule has 0 spiro atoms. The molecule has 35 heavy (non-hydrogen) atoms. The lowest BCUT2D eigenvalue weighted by Gasteiger charge is -2.40. The largest absolute Gasteiger partial charge is 0.494 e. The molecule has 6 nitrogen and oxygen atoms in total. The molecule has 3 aromatic rings. The Morgan fingerprint density at radius 2 is 1.94 bits per heavy atom. The molecule has 1 aliphatic carbocycles. The van der Waals surface area contributed by atoms with Crippen molar-refractivity contribution in [2.75, 3.05) is 11.9 Å². The molecule has 1 fully saturated rings. The zero-order chi connectivity index (χ0) is 25.2. The van der Waals surface area contributed by atoms with E-state index in [1.165, 1.54) is 12.0 Å². The summed E-state index contributed by atoms with van der Waals surface area (Å²) in [5.41, 5.74) is 4.61. The fourth-order valence-electron chi connectivity index (χ4n) is 5.61. The minimum atomic E-state index is -0.801. The molecule has 0 radical (unpaired) electrons. The molecule has 2 aromatic carbocycles. The summed E-state index contributed by atoms with van der Waals surface area (Å²) in [4.78, 5) is 15.8. The van der Waals surface area contributed by atoms with Crippen molar-refractivity contribution in [3.63, 3.8) is 0 Å². The predicted octanol–water partition coefficient (Wildman–Crippen LogP) is 7.53. The van der Waals surface area contributed by atoms with E-state index in [-0.39, 0.29) is 11.8 Å². The van der Waals surface area contributed by atoms with Crippen molar-refractivity contribution in [1.82, 2.24) is 9.55 Å². The van der Waals surface area contributed by atoms with E-state index < -0.39 is 5.97 Å². The van der Waals surface area contributed by atoms with Crippen molar-refractivity contribution in [2.24, 2.45) is 11.3 Å². The number of carboxylic acid groups (broad SMARTS) is 1. The minimum Gasteiger partial charge on any atom is -0.494 e. The third-order valence-corrected chi connectivity index (χ3v) is 7.03. The van der Waals surface area contributed by atoms with Crippen molar-refractivity contribution in [2.45, 2.75) is 78.7 Å². The van der Waals surface area contributed by atoms with Gasteiger partial charge < -0.3 is 19.7 Å². The van der Waals surface area contributed by atoms with Gasteiger partial charge in [-0.05, 0) is 72.8 Å². The quantitative estimate of drug-likeness (QED) is 0.311. The average molecular weight is 478 g/mol. The summed E-state index contributed by atoms with van der Waals surface area (Å²) >= 11 is 0. The first-order valence-electron chi connectivity index (χ1n) is 12.8. The van der Waals surface area contributed by atoms with Crippen molar-refractivity contribution in [3.05, 3.63) is 48.0 Å². The number of carboxylic acids is 1. The summed E-state index contributed by atoms with van der Waals surface area (Å²) < 4.78 is 8.22. The number of rotatable bonds is 9. The zero-order valence-corrected chi connectivity index (χ0v) is 21.7.